The van der Waals surface area contributed by atoms with Crippen LogP contribution in [0.4, 0.5) is 22.7 Å². The van der Waals surface area contributed by atoms with Crippen LogP contribution in [-0.4, -0.2) is 9.13 Å². The molecule has 0 saturated heterocycles. The lowest BCUT2D eigenvalue weighted by atomic mass is 10.0. The molecule has 1 unspecified atom stereocenters. The first-order valence-corrected chi connectivity index (χ1v) is 21.9. The summed E-state index contributed by atoms with van der Waals surface area (Å²) in [5.41, 5.74) is 12.6. The molecule has 0 radical (unpaired) electrons. The first kappa shape index (κ1) is 34.5. The van der Waals surface area contributed by atoms with Gasteiger partial charge in [-0.05, 0) is 108 Å². The van der Waals surface area contributed by atoms with Gasteiger partial charge in [0, 0.05) is 44.3 Å². The molecule has 12 rings (SSSR count). The molecule has 0 amide bonds. The highest BCUT2D eigenvalue weighted by Gasteiger charge is 2.49. The van der Waals surface area contributed by atoms with Crippen LogP contribution in [0.3, 0.4) is 0 Å². The predicted molar refractivity (Wildman–Crippen MR) is 251 cm³/mol. The van der Waals surface area contributed by atoms with Crippen molar-refractivity contribution in [3.63, 3.8) is 0 Å². The van der Waals surface area contributed by atoms with Crippen LogP contribution in [0.15, 0.2) is 224 Å². The molecule has 284 valence electrons. The summed E-state index contributed by atoms with van der Waals surface area (Å²) < 4.78 is 25.1. The molecule has 0 aliphatic carbocycles. The molecule has 11 aromatic rings. The molecule has 0 bridgehead atoms. The quantitative estimate of drug-likeness (QED) is 0.157. The molecule has 0 fully saturated rings. The van der Waals surface area contributed by atoms with Crippen LogP contribution in [0.1, 0.15) is 0 Å². The van der Waals surface area contributed by atoms with Gasteiger partial charge in [-0.25, -0.2) is 0 Å². The minimum Gasteiger partial charge on any atom is -0.309 e. The fraction of sp³-hybridized carbons (Fsp3) is 0. The molecule has 1 aliphatic heterocycles. The fourth-order valence-electron chi connectivity index (χ4n) is 9.40. The minimum atomic E-state index is -3.50. The number of hydrogen-bond acceptors (Lipinski definition) is 1. The van der Waals surface area contributed by atoms with E-state index in [-0.39, 0.29) is 0 Å². The van der Waals surface area contributed by atoms with Crippen LogP contribution in [-0.2, 0) is 4.57 Å². The molecule has 1 aliphatic rings. The van der Waals surface area contributed by atoms with Crippen molar-refractivity contribution < 1.29 is 4.57 Å². The number of fused-ring (bicyclic) bond motifs is 7. The summed E-state index contributed by atoms with van der Waals surface area (Å²) in [5, 5.41) is 5.60. The van der Waals surface area contributed by atoms with E-state index in [0.29, 0.717) is 0 Å². The molecule has 0 N–H and O–H groups in total. The number of nitrogens with zero attached hydrogens (tertiary/aromatic N) is 4. The average molecular weight is 789 g/mol. The third-order valence-electron chi connectivity index (χ3n) is 12.0. The molecule has 6 heteroatoms. The lowest BCUT2D eigenvalue weighted by molar-refractivity contribution is 0.582. The Bertz CT molecular complexity index is 3470. The maximum atomic E-state index is 16.2. The van der Waals surface area contributed by atoms with E-state index >= 15 is 4.57 Å². The van der Waals surface area contributed by atoms with Gasteiger partial charge in [-0.1, -0.05) is 127 Å². The zero-order valence-corrected chi connectivity index (χ0v) is 33.4. The average Bonchev–Trinajstić information content (AvgIpc) is 3.92. The van der Waals surface area contributed by atoms with Crippen LogP contribution >= 0.6 is 7.44 Å². The summed E-state index contributed by atoms with van der Waals surface area (Å²) in [6.45, 7) is 0. The summed E-state index contributed by atoms with van der Waals surface area (Å²) in [7, 11) is -3.50. The highest BCUT2D eigenvalue weighted by molar-refractivity contribution is 7.76. The molecule has 0 spiro atoms. The van der Waals surface area contributed by atoms with Gasteiger partial charge >= 0.3 is 7.44 Å². The largest absolute Gasteiger partial charge is 0.309 e. The van der Waals surface area contributed by atoms with Gasteiger partial charge in [0.05, 0.1) is 38.7 Å². The lowest BCUT2D eigenvalue weighted by Gasteiger charge is -2.33. The second-order valence-electron chi connectivity index (χ2n) is 15.4. The molecule has 2 aromatic heterocycles. The van der Waals surface area contributed by atoms with E-state index in [1.54, 1.807) is 0 Å². The highest BCUT2D eigenvalue weighted by Crippen LogP contribution is 2.70. The molecule has 0 saturated carbocycles. The number of rotatable bonds is 6. The Balaban J connectivity index is 1.05. The van der Waals surface area contributed by atoms with E-state index < -0.39 is 7.44 Å². The van der Waals surface area contributed by atoms with Gasteiger partial charge in [0.15, 0.2) is 0 Å². The standard InChI is InChI=1S/C54H37N4OP/c59-60(44-23-11-4-12-24-44)57(41-19-7-2-8-20-41)52-34-31-43(37-54(52)58(60)42-21-9-3-10-22-42)56-50-28-16-14-26-46(50)48-35-38(30-33-51(48)56)39-29-32-47-45-25-13-15-27-49(45)55(53(47)36-39)40-17-5-1-6-18-40/h1-37H. The molecular formula is C54H37N4OP. The van der Waals surface area contributed by atoms with Gasteiger partial charge in [0.1, 0.15) is 0 Å². The Kier molecular flexibility index (Phi) is 7.75. The summed E-state index contributed by atoms with van der Waals surface area (Å²) in [6, 6.07) is 78.4. The Hall–Kier alpha value is -7.59. The summed E-state index contributed by atoms with van der Waals surface area (Å²) >= 11 is 0. The maximum Gasteiger partial charge on any atom is 0.301 e. The molecule has 60 heavy (non-hydrogen) atoms. The van der Waals surface area contributed by atoms with E-state index in [4.69, 9.17) is 0 Å². The first-order chi connectivity index (χ1) is 29.7. The van der Waals surface area contributed by atoms with Crippen LogP contribution in [0.2, 0.25) is 0 Å². The number of anilines is 4. The topological polar surface area (TPSA) is 33.4 Å². The Morgan fingerprint density at radius 3 is 1.42 bits per heavy atom. The van der Waals surface area contributed by atoms with Crippen molar-refractivity contribution in [1.29, 1.82) is 0 Å². The van der Waals surface area contributed by atoms with E-state index in [0.717, 1.165) is 61.6 Å². The lowest BCUT2D eigenvalue weighted by Crippen LogP contribution is -2.26. The van der Waals surface area contributed by atoms with E-state index in [2.05, 4.69) is 164 Å². The van der Waals surface area contributed by atoms with Crippen molar-refractivity contribution >= 4 is 79.1 Å². The SMILES string of the molecule is O=P1(c2ccccc2)N(c2ccccc2)c2ccc(-n3c4ccccc4c4cc(-c5ccc6c7ccccc7n(-c7ccccc7)c6c5)ccc43)cc2N1c1ccccc1. The minimum absolute atomic E-state index is 0.766. The van der Waals surface area contributed by atoms with Crippen molar-refractivity contribution in [2.24, 2.45) is 0 Å². The van der Waals surface area contributed by atoms with Gasteiger partial charge in [-0.3, -0.25) is 13.9 Å². The van der Waals surface area contributed by atoms with Gasteiger partial charge in [0.25, 0.3) is 0 Å². The molecule has 9 aromatic carbocycles. The van der Waals surface area contributed by atoms with Crippen LogP contribution in [0.25, 0.3) is 66.1 Å². The van der Waals surface area contributed by atoms with Gasteiger partial charge in [0.2, 0.25) is 0 Å². The first-order valence-electron chi connectivity index (χ1n) is 20.3. The van der Waals surface area contributed by atoms with Crippen LogP contribution < -0.4 is 14.6 Å². The summed E-state index contributed by atoms with van der Waals surface area (Å²) in [4.78, 5) is 0. The zero-order chi connectivity index (χ0) is 39.8. The van der Waals surface area contributed by atoms with Crippen molar-refractivity contribution in [2.45, 2.75) is 0 Å². The smallest absolute Gasteiger partial charge is 0.301 e. The second kappa shape index (κ2) is 13.5. The molecule has 3 heterocycles. The van der Waals surface area contributed by atoms with Gasteiger partial charge in [-0.15, -0.1) is 0 Å². The molecule has 5 nitrogen and oxygen atoms in total. The molecule has 1 atom stereocenters. The van der Waals surface area contributed by atoms with Gasteiger partial charge < -0.3 is 9.13 Å². The van der Waals surface area contributed by atoms with Crippen molar-refractivity contribution in [3.05, 3.63) is 224 Å². The number of aromatic nitrogens is 2. The number of para-hydroxylation sites is 5. The third-order valence-corrected chi connectivity index (χ3v) is 15.0. The Morgan fingerprint density at radius 2 is 0.767 bits per heavy atom. The van der Waals surface area contributed by atoms with E-state index in [1.807, 2.05) is 78.9 Å². The highest BCUT2D eigenvalue weighted by atomic mass is 31.2. The van der Waals surface area contributed by atoms with Crippen molar-refractivity contribution in [3.8, 4) is 22.5 Å². The van der Waals surface area contributed by atoms with Crippen molar-refractivity contribution in [2.75, 3.05) is 9.34 Å². The predicted octanol–water partition coefficient (Wildman–Crippen LogP) is 14.4. The monoisotopic (exact) mass is 788 g/mol. The van der Waals surface area contributed by atoms with Crippen molar-refractivity contribution in [1.82, 2.24) is 9.13 Å². The van der Waals surface area contributed by atoms with Crippen LogP contribution in [0.5, 0.6) is 0 Å². The Morgan fingerprint density at radius 1 is 0.300 bits per heavy atom. The van der Waals surface area contributed by atoms with E-state index in [9.17, 15) is 0 Å². The summed E-state index contributed by atoms with van der Waals surface area (Å²) in [5.74, 6) is 0. The fourth-order valence-corrected chi connectivity index (χ4v) is 12.4. The Labute approximate surface area is 347 Å². The van der Waals surface area contributed by atoms with Gasteiger partial charge in [-0.2, -0.15) is 0 Å². The molecular weight excluding hydrogens is 752 g/mol. The number of benzene rings is 9. The summed E-state index contributed by atoms with van der Waals surface area (Å²) in [6.07, 6.45) is 0. The van der Waals surface area contributed by atoms with E-state index in [1.165, 1.54) is 32.6 Å². The normalized spacial score (nSPS) is 15.1. The van der Waals surface area contributed by atoms with Crippen LogP contribution in [0, 0.1) is 0 Å². The third kappa shape index (κ3) is 5.10. The second-order valence-corrected chi connectivity index (χ2v) is 17.8. The zero-order valence-electron chi connectivity index (χ0n) is 32.5. The number of hydrogen-bond donors (Lipinski definition) is 0. The maximum absolute atomic E-state index is 16.2.